The van der Waals surface area contributed by atoms with Crippen molar-refractivity contribution in [2.75, 3.05) is 18.0 Å². The van der Waals surface area contributed by atoms with Gasteiger partial charge < -0.3 is 10.0 Å². The van der Waals surface area contributed by atoms with Gasteiger partial charge in [-0.25, -0.2) is 13.6 Å². The number of anilines is 1. The van der Waals surface area contributed by atoms with Crippen molar-refractivity contribution in [3.8, 4) is 0 Å². The summed E-state index contributed by atoms with van der Waals surface area (Å²) in [6.45, 7) is 3.07. The minimum atomic E-state index is -1.15. The first kappa shape index (κ1) is 15.5. The molecule has 0 saturated heterocycles. The molecule has 0 radical (unpaired) electrons. The number of halogens is 2. The van der Waals surface area contributed by atoms with E-state index in [2.05, 4.69) is 0 Å². The quantitative estimate of drug-likeness (QED) is 0.814. The Labute approximate surface area is 122 Å². The van der Waals surface area contributed by atoms with Gasteiger partial charge in [0.2, 0.25) is 0 Å². The van der Waals surface area contributed by atoms with Crippen LogP contribution >= 0.6 is 0 Å². The molecule has 5 heteroatoms. The zero-order chi connectivity index (χ0) is 15.4. The highest BCUT2D eigenvalue weighted by Gasteiger charge is 2.23. The van der Waals surface area contributed by atoms with Gasteiger partial charge in [0, 0.05) is 19.2 Å². The van der Waals surface area contributed by atoms with Crippen LogP contribution in [-0.2, 0) is 4.79 Å². The summed E-state index contributed by atoms with van der Waals surface area (Å²) in [5, 5.41) is 8.54. The zero-order valence-electron chi connectivity index (χ0n) is 12.0. The predicted octanol–water partition coefficient (Wildman–Crippen LogP) is 3.69. The molecule has 1 aliphatic carbocycles. The summed E-state index contributed by atoms with van der Waals surface area (Å²) in [6.07, 6.45) is 5.45. The summed E-state index contributed by atoms with van der Waals surface area (Å²) < 4.78 is 28.4. The fourth-order valence-electron chi connectivity index (χ4n) is 2.52. The van der Waals surface area contributed by atoms with Gasteiger partial charge in [-0.2, -0.15) is 0 Å². The normalized spacial score (nSPS) is 15.2. The SMILES string of the molecule is CCN(CC1CCC1)c1c(F)cc(/C=C/C(=O)O)cc1F. The molecular weight excluding hydrogens is 276 g/mol. The van der Waals surface area contributed by atoms with Gasteiger partial charge >= 0.3 is 5.97 Å². The smallest absolute Gasteiger partial charge is 0.328 e. The van der Waals surface area contributed by atoms with Crippen molar-refractivity contribution in [2.45, 2.75) is 26.2 Å². The molecule has 1 aromatic rings. The average molecular weight is 295 g/mol. The molecule has 0 spiro atoms. The summed E-state index contributed by atoms with van der Waals surface area (Å²) in [7, 11) is 0. The number of aliphatic carboxylic acids is 1. The monoisotopic (exact) mass is 295 g/mol. The van der Waals surface area contributed by atoms with Gasteiger partial charge in [0.15, 0.2) is 0 Å². The molecule has 0 amide bonds. The van der Waals surface area contributed by atoms with E-state index in [0.717, 1.165) is 18.9 Å². The Morgan fingerprint density at radius 2 is 2.00 bits per heavy atom. The van der Waals surface area contributed by atoms with Crippen molar-refractivity contribution in [3.05, 3.63) is 35.4 Å². The van der Waals surface area contributed by atoms with Gasteiger partial charge in [0.1, 0.15) is 17.3 Å². The van der Waals surface area contributed by atoms with E-state index in [4.69, 9.17) is 5.11 Å². The van der Waals surface area contributed by atoms with E-state index >= 15 is 0 Å². The summed E-state index contributed by atoms with van der Waals surface area (Å²) in [5.41, 5.74) is 0.188. The molecule has 1 saturated carbocycles. The van der Waals surface area contributed by atoms with Crippen LogP contribution in [0, 0.1) is 17.6 Å². The number of carbonyl (C=O) groups is 1. The Bertz CT molecular complexity index is 530. The molecule has 0 atom stereocenters. The molecule has 21 heavy (non-hydrogen) atoms. The highest BCUT2D eigenvalue weighted by Crippen LogP contribution is 2.31. The maximum Gasteiger partial charge on any atom is 0.328 e. The van der Waals surface area contributed by atoms with Crippen molar-refractivity contribution in [1.82, 2.24) is 0 Å². The number of nitrogens with zero attached hydrogens (tertiary/aromatic N) is 1. The fourth-order valence-corrected chi connectivity index (χ4v) is 2.52. The van der Waals surface area contributed by atoms with Gasteiger partial charge in [-0.05, 0) is 49.5 Å². The number of hydrogen-bond acceptors (Lipinski definition) is 2. The third-order valence-electron chi connectivity index (χ3n) is 3.86. The Morgan fingerprint density at radius 3 is 2.43 bits per heavy atom. The van der Waals surface area contributed by atoms with Gasteiger partial charge in [0.05, 0.1) is 0 Å². The second-order valence-electron chi connectivity index (χ2n) is 5.34. The highest BCUT2D eigenvalue weighted by atomic mass is 19.1. The largest absolute Gasteiger partial charge is 0.478 e. The van der Waals surface area contributed by atoms with Crippen LogP contribution < -0.4 is 4.90 Å². The summed E-state index contributed by atoms with van der Waals surface area (Å²) >= 11 is 0. The van der Waals surface area contributed by atoms with Crippen LogP contribution in [-0.4, -0.2) is 24.2 Å². The molecule has 3 nitrogen and oxygen atoms in total. The predicted molar refractivity (Wildman–Crippen MR) is 78.3 cm³/mol. The van der Waals surface area contributed by atoms with Crippen LogP contribution in [0.3, 0.4) is 0 Å². The van der Waals surface area contributed by atoms with E-state index in [1.807, 2.05) is 6.92 Å². The lowest BCUT2D eigenvalue weighted by Crippen LogP contribution is -2.33. The first-order chi connectivity index (χ1) is 10.0. The van der Waals surface area contributed by atoms with Crippen LogP contribution in [0.4, 0.5) is 14.5 Å². The Kier molecular flexibility index (Phi) is 4.94. The van der Waals surface area contributed by atoms with Crippen LogP contribution in [0.2, 0.25) is 0 Å². The maximum absolute atomic E-state index is 14.2. The molecule has 2 rings (SSSR count). The molecule has 0 bridgehead atoms. The second kappa shape index (κ2) is 6.70. The summed E-state index contributed by atoms with van der Waals surface area (Å²) in [6, 6.07) is 2.34. The van der Waals surface area contributed by atoms with Crippen molar-refractivity contribution in [2.24, 2.45) is 5.92 Å². The molecule has 1 N–H and O–H groups in total. The summed E-state index contributed by atoms with van der Waals surface area (Å²) in [5.74, 6) is -1.95. The van der Waals surface area contributed by atoms with Gasteiger partial charge in [-0.1, -0.05) is 6.42 Å². The molecular formula is C16H19F2NO2. The van der Waals surface area contributed by atoms with Crippen molar-refractivity contribution >= 4 is 17.7 Å². The molecule has 114 valence electrons. The number of benzene rings is 1. The molecule has 1 aliphatic rings. The van der Waals surface area contributed by atoms with Gasteiger partial charge in [-0.3, -0.25) is 0 Å². The van der Waals surface area contributed by atoms with Crippen LogP contribution in [0.1, 0.15) is 31.7 Å². The average Bonchev–Trinajstić information content (AvgIpc) is 2.37. The van der Waals surface area contributed by atoms with E-state index in [1.54, 1.807) is 4.90 Å². The highest BCUT2D eigenvalue weighted by molar-refractivity contribution is 5.85. The second-order valence-corrected chi connectivity index (χ2v) is 5.34. The lowest BCUT2D eigenvalue weighted by atomic mass is 9.85. The fraction of sp³-hybridized carbons (Fsp3) is 0.438. The van der Waals surface area contributed by atoms with Gasteiger partial charge in [0.25, 0.3) is 0 Å². The first-order valence-electron chi connectivity index (χ1n) is 7.16. The number of rotatable bonds is 6. The van der Waals surface area contributed by atoms with Crippen molar-refractivity contribution in [1.29, 1.82) is 0 Å². The zero-order valence-corrected chi connectivity index (χ0v) is 12.0. The van der Waals surface area contributed by atoms with Crippen LogP contribution in [0.25, 0.3) is 6.08 Å². The Balaban J connectivity index is 2.23. The van der Waals surface area contributed by atoms with Crippen LogP contribution in [0.15, 0.2) is 18.2 Å². The lowest BCUT2D eigenvalue weighted by molar-refractivity contribution is -0.131. The molecule has 0 aromatic heterocycles. The topological polar surface area (TPSA) is 40.5 Å². The molecule has 1 fully saturated rings. The number of carboxylic acid groups (broad SMARTS) is 1. The Hall–Kier alpha value is -1.91. The molecule has 0 heterocycles. The van der Waals surface area contributed by atoms with Crippen LogP contribution in [0.5, 0.6) is 0 Å². The third kappa shape index (κ3) is 3.80. The Morgan fingerprint density at radius 1 is 1.38 bits per heavy atom. The van der Waals surface area contributed by atoms with E-state index in [-0.39, 0.29) is 11.3 Å². The summed E-state index contributed by atoms with van der Waals surface area (Å²) in [4.78, 5) is 12.2. The van der Waals surface area contributed by atoms with Crippen molar-refractivity contribution in [3.63, 3.8) is 0 Å². The number of carboxylic acids is 1. The van der Waals surface area contributed by atoms with E-state index in [1.165, 1.54) is 24.6 Å². The lowest BCUT2D eigenvalue weighted by Gasteiger charge is -2.33. The minimum absolute atomic E-state index is 0.0168. The standard InChI is InChI=1S/C16H19F2NO2/c1-2-19(10-11-4-3-5-11)16-13(17)8-12(9-14(16)18)6-7-15(20)21/h6-9,11H,2-5,10H2,1H3,(H,20,21)/b7-6+. The van der Waals surface area contributed by atoms with Gasteiger partial charge in [-0.15, -0.1) is 0 Å². The van der Waals surface area contributed by atoms with E-state index in [9.17, 15) is 13.6 Å². The first-order valence-corrected chi connectivity index (χ1v) is 7.16. The third-order valence-corrected chi connectivity index (χ3v) is 3.86. The molecule has 0 unspecified atom stereocenters. The molecule has 0 aliphatic heterocycles. The maximum atomic E-state index is 14.2. The molecule has 1 aromatic carbocycles. The van der Waals surface area contributed by atoms with E-state index < -0.39 is 17.6 Å². The van der Waals surface area contributed by atoms with Crippen molar-refractivity contribution < 1.29 is 18.7 Å². The van der Waals surface area contributed by atoms with E-state index in [0.29, 0.717) is 19.0 Å². The minimum Gasteiger partial charge on any atom is -0.478 e. The number of hydrogen-bond donors (Lipinski definition) is 1.